The molecule has 1 unspecified atom stereocenters. The van der Waals surface area contributed by atoms with E-state index in [1.165, 1.54) is 4.88 Å². The highest BCUT2D eigenvalue weighted by Crippen LogP contribution is 2.20. The number of aliphatic hydroxyl groups excluding tert-OH is 1. The SMILES string of the molecule is CC(Cc1cccs1)n1c(CO)c[nH]c1=S. The Hall–Kier alpha value is -0.910. The predicted molar refractivity (Wildman–Crippen MR) is 68.3 cm³/mol. The monoisotopic (exact) mass is 254 g/mol. The van der Waals surface area contributed by atoms with Crippen molar-refractivity contribution in [1.29, 1.82) is 0 Å². The Bertz CT molecular complexity index is 498. The minimum absolute atomic E-state index is 0.0158. The van der Waals surface area contributed by atoms with E-state index in [2.05, 4.69) is 29.4 Å². The number of rotatable bonds is 4. The van der Waals surface area contributed by atoms with Crippen LogP contribution in [0.2, 0.25) is 0 Å². The van der Waals surface area contributed by atoms with Crippen molar-refractivity contribution in [3.8, 4) is 0 Å². The van der Waals surface area contributed by atoms with E-state index in [1.54, 1.807) is 17.5 Å². The van der Waals surface area contributed by atoms with E-state index in [9.17, 15) is 5.11 Å². The molecule has 2 heterocycles. The third-order valence-electron chi connectivity index (χ3n) is 2.57. The van der Waals surface area contributed by atoms with Gasteiger partial charge in [0.2, 0.25) is 0 Å². The number of imidazole rings is 1. The molecule has 0 spiro atoms. The fraction of sp³-hybridized carbons (Fsp3) is 0.364. The van der Waals surface area contributed by atoms with Gasteiger partial charge in [-0.05, 0) is 30.6 Å². The highest BCUT2D eigenvalue weighted by atomic mass is 32.1. The molecular formula is C11H14N2OS2. The molecule has 0 amide bonds. The smallest absolute Gasteiger partial charge is 0.177 e. The van der Waals surface area contributed by atoms with E-state index in [4.69, 9.17) is 12.2 Å². The lowest BCUT2D eigenvalue weighted by Gasteiger charge is -2.15. The number of nitrogens with zero attached hydrogens (tertiary/aromatic N) is 1. The normalized spacial score (nSPS) is 12.9. The topological polar surface area (TPSA) is 41.0 Å². The molecule has 3 nitrogen and oxygen atoms in total. The number of hydrogen-bond donors (Lipinski definition) is 2. The van der Waals surface area contributed by atoms with Gasteiger partial charge >= 0.3 is 0 Å². The third-order valence-corrected chi connectivity index (χ3v) is 3.78. The van der Waals surface area contributed by atoms with Gasteiger partial charge in [-0.15, -0.1) is 11.3 Å². The number of aromatic nitrogens is 2. The lowest BCUT2D eigenvalue weighted by atomic mass is 10.2. The first kappa shape index (κ1) is 11.6. The molecule has 0 bridgehead atoms. The van der Waals surface area contributed by atoms with Crippen LogP contribution in [0.3, 0.4) is 0 Å². The lowest BCUT2D eigenvalue weighted by Crippen LogP contribution is -2.11. The zero-order valence-electron chi connectivity index (χ0n) is 9.01. The molecule has 16 heavy (non-hydrogen) atoms. The lowest BCUT2D eigenvalue weighted by molar-refractivity contribution is 0.266. The molecule has 0 saturated heterocycles. The average Bonchev–Trinajstić information content (AvgIpc) is 2.87. The highest BCUT2D eigenvalue weighted by Gasteiger charge is 2.11. The third kappa shape index (κ3) is 2.26. The van der Waals surface area contributed by atoms with Gasteiger partial charge in [0.15, 0.2) is 4.77 Å². The summed E-state index contributed by atoms with van der Waals surface area (Å²) in [6.45, 7) is 2.13. The van der Waals surface area contributed by atoms with Crippen molar-refractivity contribution >= 4 is 23.6 Å². The second-order valence-electron chi connectivity index (χ2n) is 3.75. The fourth-order valence-corrected chi connectivity index (χ4v) is 3.01. The van der Waals surface area contributed by atoms with Crippen LogP contribution in [0.5, 0.6) is 0 Å². The molecule has 0 saturated carbocycles. The van der Waals surface area contributed by atoms with Gasteiger partial charge in [0.25, 0.3) is 0 Å². The first-order chi connectivity index (χ1) is 7.72. The standard InChI is InChI=1S/C11H14N2OS2/c1-8(5-10-3-2-4-16-10)13-9(7-14)6-12-11(13)15/h2-4,6,8,14H,5,7H2,1H3,(H,12,15). The maximum atomic E-state index is 9.22. The van der Waals surface area contributed by atoms with Crippen molar-refractivity contribution in [3.63, 3.8) is 0 Å². The number of nitrogens with one attached hydrogen (secondary N) is 1. The quantitative estimate of drug-likeness (QED) is 0.824. The fourth-order valence-electron chi connectivity index (χ4n) is 1.83. The highest BCUT2D eigenvalue weighted by molar-refractivity contribution is 7.71. The molecule has 1 atom stereocenters. The first-order valence-corrected chi connectivity index (χ1v) is 6.43. The van der Waals surface area contributed by atoms with Crippen LogP contribution in [0.25, 0.3) is 0 Å². The summed E-state index contributed by atoms with van der Waals surface area (Å²) in [6, 6.07) is 4.44. The van der Waals surface area contributed by atoms with E-state index in [1.807, 2.05) is 4.57 Å². The molecule has 2 N–H and O–H groups in total. The van der Waals surface area contributed by atoms with Gasteiger partial charge in [0, 0.05) is 23.5 Å². The zero-order chi connectivity index (χ0) is 11.5. The molecule has 2 aromatic rings. The summed E-state index contributed by atoms with van der Waals surface area (Å²) in [5.74, 6) is 0. The Balaban J connectivity index is 2.23. The van der Waals surface area contributed by atoms with Crippen LogP contribution in [-0.2, 0) is 13.0 Å². The summed E-state index contributed by atoms with van der Waals surface area (Å²) in [4.78, 5) is 4.30. The molecular weight excluding hydrogens is 240 g/mol. The van der Waals surface area contributed by atoms with E-state index < -0.39 is 0 Å². The number of hydrogen-bond acceptors (Lipinski definition) is 3. The van der Waals surface area contributed by atoms with Gasteiger partial charge in [0.1, 0.15) is 0 Å². The van der Waals surface area contributed by atoms with E-state index in [0.29, 0.717) is 4.77 Å². The number of aliphatic hydroxyl groups is 1. The van der Waals surface area contributed by atoms with Crippen molar-refractivity contribution in [2.75, 3.05) is 0 Å². The van der Waals surface area contributed by atoms with Gasteiger partial charge in [-0.25, -0.2) is 0 Å². The molecule has 0 aliphatic rings. The van der Waals surface area contributed by atoms with Gasteiger partial charge in [0.05, 0.1) is 12.3 Å². The molecule has 0 aliphatic heterocycles. The molecule has 0 aliphatic carbocycles. The van der Waals surface area contributed by atoms with Gasteiger partial charge in [-0.1, -0.05) is 6.07 Å². The Morgan fingerprint density at radius 2 is 2.44 bits per heavy atom. The minimum Gasteiger partial charge on any atom is -0.390 e. The molecule has 5 heteroatoms. The van der Waals surface area contributed by atoms with Crippen LogP contribution in [0, 0.1) is 4.77 Å². The minimum atomic E-state index is 0.0158. The van der Waals surface area contributed by atoms with Crippen molar-refractivity contribution in [2.45, 2.75) is 26.0 Å². The first-order valence-electron chi connectivity index (χ1n) is 5.14. The van der Waals surface area contributed by atoms with Crippen LogP contribution >= 0.6 is 23.6 Å². The maximum Gasteiger partial charge on any atom is 0.177 e. The number of H-pyrrole nitrogens is 1. The predicted octanol–water partition coefficient (Wildman–Crippen LogP) is 2.90. The Morgan fingerprint density at radius 3 is 3.06 bits per heavy atom. The van der Waals surface area contributed by atoms with E-state index in [-0.39, 0.29) is 12.6 Å². The Labute approximate surface area is 103 Å². The van der Waals surface area contributed by atoms with E-state index in [0.717, 1.165) is 12.1 Å². The number of thiophene rings is 1. The van der Waals surface area contributed by atoms with Crippen molar-refractivity contribution in [1.82, 2.24) is 9.55 Å². The van der Waals surface area contributed by atoms with Crippen LogP contribution in [0.15, 0.2) is 23.7 Å². The van der Waals surface area contributed by atoms with Crippen LogP contribution < -0.4 is 0 Å². The summed E-state index contributed by atoms with van der Waals surface area (Å²) in [5, 5.41) is 11.3. The average molecular weight is 254 g/mol. The molecule has 2 aromatic heterocycles. The summed E-state index contributed by atoms with van der Waals surface area (Å²) in [7, 11) is 0. The molecule has 0 radical (unpaired) electrons. The summed E-state index contributed by atoms with van der Waals surface area (Å²) in [5.41, 5.74) is 0.842. The van der Waals surface area contributed by atoms with Crippen LogP contribution in [0.1, 0.15) is 23.5 Å². The van der Waals surface area contributed by atoms with Gasteiger partial charge in [-0.3, -0.25) is 0 Å². The zero-order valence-corrected chi connectivity index (χ0v) is 10.6. The summed E-state index contributed by atoms with van der Waals surface area (Å²) < 4.78 is 2.66. The van der Waals surface area contributed by atoms with Crippen molar-refractivity contribution in [2.24, 2.45) is 0 Å². The summed E-state index contributed by atoms with van der Waals surface area (Å²) >= 11 is 6.96. The summed E-state index contributed by atoms with van der Waals surface area (Å²) in [6.07, 6.45) is 2.71. The molecule has 86 valence electrons. The Kier molecular flexibility index (Phi) is 3.58. The largest absolute Gasteiger partial charge is 0.390 e. The molecule has 0 aromatic carbocycles. The van der Waals surface area contributed by atoms with Gasteiger partial charge in [-0.2, -0.15) is 0 Å². The van der Waals surface area contributed by atoms with Gasteiger partial charge < -0.3 is 14.7 Å². The Morgan fingerprint density at radius 1 is 1.62 bits per heavy atom. The molecule has 0 fully saturated rings. The number of aromatic amines is 1. The molecule has 2 rings (SSSR count). The van der Waals surface area contributed by atoms with Crippen molar-refractivity contribution < 1.29 is 5.11 Å². The van der Waals surface area contributed by atoms with Crippen molar-refractivity contribution in [3.05, 3.63) is 39.1 Å². The van der Waals surface area contributed by atoms with Crippen LogP contribution in [-0.4, -0.2) is 14.7 Å². The van der Waals surface area contributed by atoms with E-state index >= 15 is 0 Å². The second-order valence-corrected chi connectivity index (χ2v) is 5.16. The maximum absolute atomic E-state index is 9.22. The second kappa shape index (κ2) is 4.95. The van der Waals surface area contributed by atoms with Crippen LogP contribution in [0.4, 0.5) is 0 Å².